The summed E-state index contributed by atoms with van der Waals surface area (Å²) < 4.78 is 0. The van der Waals surface area contributed by atoms with Crippen molar-refractivity contribution in [3.63, 3.8) is 0 Å². The normalized spacial score (nSPS) is 17.2. The van der Waals surface area contributed by atoms with Crippen LogP contribution >= 0.6 is 0 Å². The van der Waals surface area contributed by atoms with Crippen LogP contribution in [0, 0.1) is 0 Å². The van der Waals surface area contributed by atoms with Gasteiger partial charge in [-0.3, -0.25) is 4.99 Å². The maximum Gasteiger partial charge on any atom is 0.0735 e. The Morgan fingerprint density at radius 3 is 2.38 bits per heavy atom. The molecular weight excluding hydrogens is 569 g/mol. The van der Waals surface area contributed by atoms with Crippen molar-refractivity contribution >= 4 is 59.1 Å². The molecule has 6 rings (SSSR count). The standard InChI is InChI=1S/C45H42N2/c1-7-11-36-25-24-35-22-21-33(19-18-32(5)43(35)44(36)46-6)39-13-9-15-41(29-39)40-14-8-12-38(28-40)31(4)17-20-34-23-26-37-16-10-27-47-45(37)42(34)30(2)3/h7-17,19-26,28-29,32,47H,2,4,6,18,27H2,1,3,5H3/b11-7-,20-17-,22-21-,33-19-. The summed E-state index contributed by atoms with van der Waals surface area (Å²) in [4.78, 5) is 4.45. The molecule has 0 aromatic heterocycles. The number of rotatable bonds is 8. The summed E-state index contributed by atoms with van der Waals surface area (Å²) in [5, 5.41) is 3.53. The number of anilines is 1. The zero-order valence-corrected chi connectivity index (χ0v) is 27.7. The van der Waals surface area contributed by atoms with Gasteiger partial charge in [-0.25, -0.2) is 0 Å². The summed E-state index contributed by atoms with van der Waals surface area (Å²) in [7, 11) is 0. The molecule has 0 amide bonds. The minimum atomic E-state index is 0.315. The second-order valence-corrected chi connectivity index (χ2v) is 12.4. The average molecular weight is 611 g/mol. The highest BCUT2D eigenvalue weighted by molar-refractivity contribution is 5.90. The largest absolute Gasteiger partial charge is 0.381 e. The van der Waals surface area contributed by atoms with Crippen LogP contribution in [0.5, 0.6) is 0 Å². The molecule has 0 saturated carbocycles. The highest BCUT2D eigenvalue weighted by atomic mass is 14.9. The Hall–Kier alpha value is -5.47. The fraction of sp³-hybridized carbons (Fsp3) is 0.133. The lowest BCUT2D eigenvalue weighted by Gasteiger charge is -2.20. The molecule has 1 heterocycles. The molecular formula is C45H42N2. The second kappa shape index (κ2) is 13.9. The zero-order chi connectivity index (χ0) is 32.9. The van der Waals surface area contributed by atoms with Crippen molar-refractivity contribution in [2.75, 3.05) is 11.9 Å². The number of hydrogen-bond donors (Lipinski definition) is 1. The Balaban J connectivity index is 1.26. The maximum absolute atomic E-state index is 4.45. The van der Waals surface area contributed by atoms with Crippen molar-refractivity contribution in [1.29, 1.82) is 0 Å². The number of aliphatic imine (C=N–C) groups is 1. The molecule has 0 fully saturated rings. The highest BCUT2D eigenvalue weighted by Gasteiger charge is 2.18. The van der Waals surface area contributed by atoms with Crippen LogP contribution in [0.4, 0.5) is 11.4 Å². The summed E-state index contributed by atoms with van der Waals surface area (Å²) in [5.41, 5.74) is 17.1. The van der Waals surface area contributed by atoms with Gasteiger partial charge in [-0.2, -0.15) is 0 Å². The number of nitrogens with one attached hydrogen (secondary N) is 1. The van der Waals surface area contributed by atoms with E-state index in [-0.39, 0.29) is 0 Å². The average Bonchev–Trinajstić information content (AvgIpc) is 3.09. The molecule has 1 atom stereocenters. The lowest BCUT2D eigenvalue weighted by atomic mass is 9.85. The monoisotopic (exact) mass is 610 g/mol. The van der Waals surface area contributed by atoms with Gasteiger partial charge in [0.15, 0.2) is 0 Å². The first kappa shape index (κ1) is 31.5. The molecule has 2 nitrogen and oxygen atoms in total. The van der Waals surface area contributed by atoms with Crippen LogP contribution in [-0.2, 0) is 0 Å². The third-order valence-corrected chi connectivity index (χ3v) is 9.03. The molecule has 232 valence electrons. The van der Waals surface area contributed by atoms with Crippen molar-refractivity contribution in [3.05, 3.63) is 161 Å². The van der Waals surface area contributed by atoms with Crippen molar-refractivity contribution in [1.82, 2.24) is 0 Å². The predicted octanol–water partition coefficient (Wildman–Crippen LogP) is 12.5. The molecule has 1 unspecified atom stereocenters. The fourth-order valence-electron chi connectivity index (χ4n) is 6.65. The molecule has 1 aliphatic heterocycles. The lowest BCUT2D eigenvalue weighted by molar-refractivity contribution is 0.779. The van der Waals surface area contributed by atoms with Gasteiger partial charge in [0.2, 0.25) is 0 Å². The molecule has 0 bridgehead atoms. The number of allylic oxidation sites excluding steroid dienone is 7. The van der Waals surface area contributed by atoms with Gasteiger partial charge in [0.25, 0.3) is 0 Å². The van der Waals surface area contributed by atoms with Crippen LogP contribution in [0.25, 0.3) is 52.2 Å². The first-order valence-electron chi connectivity index (χ1n) is 16.3. The second-order valence-electron chi connectivity index (χ2n) is 12.4. The summed E-state index contributed by atoms with van der Waals surface area (Å²) >= 11 is 0. The Bertz CT molecular complexity index is 2040. The Kier molecular flexibility index (Phi) is 9.31. The van der Waals surface area contributed by atoms with E-state index in [2.05, 4.69) is 172 Å². The first-order chi connectivity index (χ1) is 22.9. The Morgan fingerprint density at radius 1 is 0.851 bits per heavy atom. The van der Waals surface area contributed by atoms with Gasteiger partial charge in [0, 0.05) is 23.4 Å². The van der Waals surface area contributed by atoms with Crippen molar-refractivity contribution in [2.45, 2.75) is 33.1 Å². The minimum absolute atomic E-state index is 0.315. The SMILES string of the molecule is C=Nc1c(/C=C\C)ccc2c1C(C)C/C=C(c1cccc(-c3cccc(C(=C)/C=C\c4ccc5c(c4C(=C)C)NCC=C5)c3)c1)/C=C\2. The topological polar surface area (TPSA) is 24.4 Å². The number of fused-ring (bicyclic) bond motifs is 2. The quantitative estimate of drug-likeness (QED) is 0.156. The molecule has 4 aromatic carbocycles. The van der Waals surface area contributed by atoms with Crippen molar-refractivity contribution in [2.24, 2.45) is 4.99 Å². The van der Waals surface area contributed by atoms with Gasteiger partial charge in [-0.15, -0.1) is 0 Å². The number of nitrogens with zero attached hydrogens (tertiary/aromatic N) is 1. The Labute approximate surface area is 280 Å². The molecule has 0 radical (unpaired) electrons. The molecule has 2 aliphatic rings. The van der Waals surface area contributed by atoms with Gasteiger partial charge in [-0.05, 0) is 106 Å². The van der Waals surface area contributed by atoms with Crippen LogP contribution in [0.3, 0.4) is 0 Å². The van der Waals surface area contributed by atoms with Crippen LogP contribution in [-0.4, -0.2) is 13.3 Å². The smallest absolute Gasteiger partial charge is 0.0735 e. The van der Waals surface area contributed by atoms with E-state index in [0.717, 1.165) is 57.7 Å². The van der Waals surface area contributed by atoms with E-state index in [0.29, 0.717) is 5.92 Å². The van der Waals surface area contributed by atoms with Crippen molar-refractivity contribution < 1.29 is 0 Å². The summed E-state index contributed by atoms with van der Waals surface area (Å²) in [6.45, 7) is 19.8. The van der Waals surface area contributed by atoms with Gasteiger partial charge in [-0.1, -0.05) is 135 Å². The van der Waals surface area contributed by atoms with E-state index in [1.165, 1.54) is 39.0 Å². The zero-order valence-electron chi connectivity index (χ0n) is 27.7. The van der Waals surface area contributed by atoms with Gasteiger partial charge in [0.05, 0.1) is 5.69 Å². The molecule has 1 N–H and O–H groups in total. The molecule has 0 saturated heterocycles. The third kappa shape index (κ3) is 6.59. The van der Waals surface area contributed by atoms with Crippen LogP contribution in [0.1, 0.15) is 77.6 Å². The molecule has 1 aliphatic carbocycles. The Morgan fingerprint density at radius 2 is 1.60 bits per heavy atom. The van der Waals surface area contributed by atoms with Crippen LogP contribution < -0.4 is 5.32 Å². The molecule has 2 heteroatoms. The van der Waals surface area contributed by atoms with Crippen LogP contribution in [0.2, 0.25) is 0 Å². The fourth-order valence-corrected chi connectivity index (χ4v) is 6.65. The molecule has 47 heavy (non-hydrogen) atoms. The number of benzene rings is 4. The van der Waals surface area contributed by atoms with Crippen LogP contribution in [0.15, 0.2) is 121 Å². The van der Waals surface area contributed by atoms with E-state index in [1.807, 2.05) is 6.92 Å². The van der Waals surface area contributed by atoms with E-state index in [4.69, 9.17) is 0 Å². The van der Waals surface area contributed by atoms with E-state index < -0.39 is 0 Å². The molecule has 4 aromatic rings. The van der Waals surface area contributed by atoms with E-state index >= 15 is 0 Å². The predicted molar refractivity (Wildman–Crippen MR) is 209 cm³/mol. The van der Waals surface area contributed by atoms with E-state index in [9.17, 15) is 0 Å². The van der Waals surface area contributed by atoms with Crippen molar-refractivity contribution in [3.8, 4) is 11.1 Å². The highest BCUT2D eigenvalue weighted by Crippen LogP contribution is 2.40. The third-order valence-electron chi connectivity index (χ3n) is 9.03. The first-order valence-corrected chi connectivity index (χ1v) is 16.3. The maximum atomic E-state index is 4.45. The lowest BCUT2D eigenvalue weighted by Crippen LogP contribution is -2.08. The minimum Gasteiger partial charge on any atom is -0.381 e. The number of hydrogen-bond acceptors (Lipinski definition) is 2. The van der Waals surface area contributed by atoms with Gasteiger partial charge in [0.1, 0.15) is 0 Å². The van der Waals surface area contributed by atoms with E-state index in [1.54, 1.807) is 0 Å². The van der Waals surface area contributed by atoms with Gasteiger partial charge >= 0.3 is 0 Å². The summed E-state index contributed by atoms with van der Waals surface area (Å²) in [6.07, 6.45) is 20.5. The summed E-state index contributed by atoms with van der Waals surface area (Å²) in [6, 6.07) is 26.2. The summed E-state index contributed by atoms with van der Waals surface area (Å²) in [5.74, 6) is 0.315. The van der Waals surface area contributed by atoms with Gasteiger partial charge < -0.3 is 5.32 Å². The molecule has 0 spiro atoms.